The van der Waals surface area contributed by atoms with Crippen LogP contribution in [0.15, 0.2) is 146 Å². The average molecular weight is 1120 g/mol. The lowest BCUT2D eigenvalue weighted by Gasteiger charge is -2.18. The molecule has 0 aliphatic rings. The number of rotatable bonds is 59. The van der Waals surface area contributed by atoms with Gasteiger partial charge >= 0.3 is 17.9 Å². The van der Waals surface area contributed by atoms with Gasteiger partial charge in [-0.15, -0.1) is 0 Å². The monoisotopic (exact) mass is 1120 g/mol. The average Bonchev–Trinajstić information content (AvgIpc) is 3.46. The molecule has 0 amide bonds. The van der Waals surface area contributed by atoms with Crippen LogP contribution < -0.4 is 0 Å². The van der Waals surface area contributed by atoms with E-state index in [-0.39, 0.29) is 31.6 Å². The molecule has 0 radical (unpaired) electrons. The highest BCUT2D eigenvalue weighted by Crippen LogP contribution is 2.16. The van der Waals surface area contributed by atoms with E-state index in [4.69, 9.17) is 14.2 Å². The van der Waals surface area contributed by atoms with Gasteiger partial charge in [0.15, 0.2) is 6.10 Å². The zero-order valence-electron chi connectivity index (χ0n) is 52.5. The Morgan fingerprint density at radius 1 is 0.272 bits per heavy atom. The van der Waals surface area contributed by atoms with E-state index in [1.165, 1.54) is 135 Å². The fourth-order valence-electron chi connectivity index (χ4n) is 8.97. The van der Waals surface area contributed by atoms with Crippen LogP contribution in [0.3, 0.4) is 0 Å². The Balaban J connectivity index is 4.24. The highest BCUT2D eigenvalue weighted by molar-refractivity contribution is 5.72. The highest BCUT2D eigenvalue weighted by atomic mass is 16.6. The van der Waals surface area contributed by atoms with E-state index in [1.807, 2.05) is 6.08 Å². The zero-order chi connectivity index (χ0) is 58.5. The largest absolute Gasteiger partial charge is 0.462 e. The molecule has 0 N–H and O–H groups in total. The second-order valence-corrected chi connectivity index (χ2v) is 21.6. The van der Waals surface area contributed by atoms with Gasteiger partial charge in [0, 0.05) is 12.8 Å². The Bertz CT molecular complexity index is 1760. The van der Waals surface area contributed by atoms with Crippen molar-refractivity contribution < 1.29 is 28.6 Å². The first kappa shape index (κ1) is 76.3. The lowest BCUT2D eigenvalue weighted by atomic mass is 10.0. The third kappa shape index (κ3) is 66.0. The van der Waals surface area contributed by atoms with Crippen LogP contribution in [-0.4, -0.2) is 37.2 Å². The molecule has 0 saturated carbocycles. The summed E-state index contributed by atoms with van der Waals surface area (Å²) in [5, 5.41) is 0. The van der Waals surface area contributed by atoms with Gasteiger partial charge in [-0.05, 0) is 103 Å². The quantitative estimate of drug-likeness (QED) is 0.0261. The van der Waals surface area contributed by atoms with E-state index in [9.17, 15) is 14.4 Å². The number of hydrogen-bond donors (Lipinski definition) is 0. The van der Waals surface area contributed by atoms with E-state index in [0.29, 0.717) is 12.8 Å². The van der Waals surface area contributed by atoms with Crippen molar-refractivity contribution in [3.8, 4) is 0 Å². The first-order chi connectivity index (χ1) is 40.0. The Morgan fingerprint density at radius 3 is 0.815 bits per heavy atom. The summed E-state index contributed by atoms with van der Waals surface area (Å²) < 4.78 is 16.8. The summed E-state index contributed by atoms with van der Waals surface area (Å²) in [6, 6.07) is 0. The molecule has 0 aromatic carbocycles. The van der Waals surface area contributed by atoms with Gasteiger partial charge in [-0.2, -0.15) is 0 Å². The van der Waals surface area contributed by atoms with Crippen LogP contribution in [-0.2, 0) is 28.6 Å². The second kappa shape index (κ2) is 67.8. The summed E-state index contributed by atoms with van der Waals surface area (Å²) in [4.78, 5) is 38.2. The predicted octanol–water partition coefficient (Wildman–Crippen LogP) is 23.1. The van der Waals surface area contributed by atoms with Gasteiger partial charge in [-0.25, -0.2) is 0 Å². The molecule has 0 aliphatic carbocycles. The molecule has 0 aliphatic heterocycles. The van der Waals surface area contributed by atoms with Crippen molar-refractivity contribution in [2.45, 2.75) is 297 Å². The molecule has 0 rings (SSSR count). The Hall–Kier alpha value is -4.71. The molecule has 0 aromatic rings. The van der Waals surface area contributed by atoms with Crippen molar-refractivity contribution >= 4 is 17.9 Å². The number of allylic oxidation sites excluding steroid dienone is 23. The molecule has 458 valence electrons. The smallest absolute Gasteiger partial charge is 0.310 e. The van der Waals surface area contributed by atoms with Crippen LogP contribution in [0.4, 0.5) is 0 Å². The first-order valence-corrected chi connectivity index (χ1v) is 33.3. The number of carbonyl (C=O) groups excluding carboxylic acids is 3. The number of ether oxygens (including phenoxy) is 3. The molecule has 0 spiro atoms. The molecule has 0 aromatic heterocycles. The first-order valence-electron chi connectivity index (χ1n) is 33.3. The minimum absolute atomic E-state index is 0.0944. The lowest BCUT2D eigenvalue weighted by molar-refractivity contribution is -0.166. The lowest BCUT2D eigenvalue weighted by Crippen LogP contribution is -2.30. The van der Waals surface area contributed by atoms with Gasteiger partial charge in [-0.3, -0.25) is 14.4 Å². The third-order valence-corrected chi connectivity index (χ3v) is 13.9. The molecular formula is C75H122O6. The third-order valence-electron chi connectivity index (χ3n) is 13.9. The van der Waals surface area contributed by atoms with E-state index in [1.54, 1.807) is 6.08 Å². The van der Waals surface area contributed by atoms with Crippen molar-refractivity contribution in [1.82, 2.24) is 0 Å². The van der Waals surface area contributed by atoms with Gasteiger partial charge in [-0.1, -0.05) is 314 Å². The van der Waals surface area contributed by atoms with Crippen molar-refractivity contribution in [2.24, 2.45) is 0 Å². The van der Waals surface area contributed by atoms with Gasteiger partial charge in [0.1, 0.15) is 13.2 Å². The molecule has 0 saturated heterocycles. The van der Waals surface area contributed by atoms with Crippen molar-refractivity contribution in [3.05, 3.63) is 146 Å². The van der Waals surface area contributed by atoms with Crippen LogP contribution in [0, 0.1) is 0 Å². The van der Waals surface area contributed by atoms with E-state index >= 15 is 0 Å². The summed E-state index contributed by atoms with van der Waals surface area (Å²) in [7, 11) is 0. The molecular weight excluding hydrogens is 997 g/mol. The van der Waals surface area contributed by atoms with Crippen LogP contribution in [0.2, 0.25) is 0 Å². The summed E-state index contributed by atoms with van der Waals surface area (Å²) in [5.74, 6) is -1.05. The van der Waals surface area contributed by atoms with Gasteiger partial charge < -0.3 is 14.2 Å². The Kier molecular flexibility index (Phi) is 63.9. The minimum atomic E-state index is -0.835. The Morgan fingerprint density at radius 2 is 0.519 bits per heavy atom. The standard InChI is InChI=1S/C75H122O6/c1-4-7-10-13-16-19-22-25-27-28-29-30-31-32-33-34-35-36-37-38-39-40-41-42-43-44-45-46-48-50-53-56-59-62-65-68-74(77)80-71-72(70-79-73(76)67-64-61-58-55-52-49-24-21-18-15-12-9-6-3)81-75(78)69-66-63-60-57-54-51-47-26-23-20-17-14-11-8-5-2/h7-8,10-11,16-17,19-20,25-27,29-30,32-33,35-36,38-39,47,54,57,63,66,72H,4-6,9,12-15,18,21-24,28,31,34,37,40-46,48-53,55-56,58-62,64-65,67-71H2,1-3H3/b10-7-,11-8-,19-16-,20-17-,27-25-,30-29-,33-32-,36-35-,39-38-,47-26-,57-54-,66-63-. The van der Waals surface area contributed by atoms with Crippen LogP contribution in [0.5, 0.6) is 0 Å². The van der Waals surface area contributed by atoms with E-state index in [0.717, 1.165) is 116 Å². The van der Waals surface area contributed by atoms with Crippen LogP contribution in [0.25, 0.3) is 0 Å². The topological polar surface area (TPSA) is 78.9 Å². The van der Waals surface area contributed by atoms with Gasteiger partial charge in [0.25, 0.3) is 0 Å². The second-order valence-electron chi connectivity index (χ2n) is 21.6. The van der Waals surface area contributed by atoms with Crippen LogP contribution in [0.1, 0.15) is 290 Å². The van der Waals surface area contributed by atoms with Crippen molar-refractivity contribution in [1.29, 1.82) is 0 Å². The van der Waals surface area contributed by atoms with Gasteiger partial charge in [0.05, 0.1) is 6.42 Å². The maximum atomic E-state index is 12.8. The molecule has 0 fully saturated rings. The summed E-state index contributed by atoms with van der Waals surface area (Å²) in [5.41, 5.74) is 0. The maximum Gasteiger partial charge on any atom is 0.310 e. The molecule has 0 bridgehead atoms. The van der Waals surface area contributed by atoms with Crippen molar-refractivity contribution in [3.63, 3.8) is 0 Å². The Labute approximate surface area is 499 Å². The van der Waals surface area contributed by atoms with Gasteiger partial charge in [0.2, 0.25) is 0 Å². The van der Waals surface area contributed by atoms with E-state index < -0.39 is 12.1 Å². The molecule has 81 heavy (non-hydrogen) atoms. The highest BCUT2D eigenvalue weighted by Gasteiger charge is 2.19. The molecule has 0 heterocycles. The molecule has 1 atom stereocenters. The maximum absolute atomic E-state index is 12.8. The minimum Gasteiger partial charge on any atom is -0.462 e. The summed E-state index contributed by atoms with van der Waals surface area (Å²) >= 11 is 0. The normalized spacial score (nSPS) is 13.1. The van der Waals surface area contributed by atoms with E-state index in [2.05, 4.69) is 154 Å². The molecule has 1 unspecified atom stereocenters. The zero-order valence-corrected chi connectivity index (χ0v) is 52.5. The number of esters is 3. The summed E-state index contributed by atoms with van der Waals surface area (Å²) in [6.45, 7) is 6.33. The fraction of sp³-hybridized carbons (Fsp3) is 0.640. The number of carbonyl (C=O) groups is 3. The SMILES string of the molecule is CC/C=C\C/C=C\C/C=C\C/C=C\C/C=C\C/C=C\C/C=C\CCCCCCCCCCCCCCCC(=O)OCC(COC(=O)CCCCCCCCCCCCCCC)OC(=O)C/C=C\C/C=C\C/C=C\C/C=C\C/C=C\CC. The van der Waals surface area contributed by atoms with Crippen molar-refractivity contribution in [2.75, 3.05) is 13.2 Å². The fourth-order valence-corrected chi connectivity index (χ4v) is 8.97. The van der Waals surface area contributed by atoms with Crippen LogP contribution >= 0.6 is 0 Å². The number of hydrogen-bond acceptors (Lipinski definition) is 6. The molecule has 6 heteroatoms. The molecule has 6 nitrogen and oxygen atoms in total. The number of unbranched alkanes of at least 4 members (excludes halogenated alkanes) is 25. The predicted molar refractivity (Wildman–Crippen MR) is 352 cm³/mol. The summed E-state index contributed by atoms with van der Waals surface area (Å²) in [6.07, 6.45) is 97.6.